The predicted octanol–water partition coefficient (Wildman–Crippen LogP) is 3.63. The maximum Gasteiger partial charge on any atom is 0.387 e. The fraction of sp³-hybridized carbons (Fsp3) is 0.222. The van der Waals surface area contributed by atoms with Gasteiger partial charge in [-0.25, -0.2) is 4.79 Å². The molecular formula is C18H15F2NO7. The fourth-order valence-corrected chi connectivity index (χ4v) is 2.28. The van der Waals surface area contributed by atoms with Gasteiger partial charge in [-0.3, -0.25) is 14.9 Å². The Labute approximate surface area is 157 Å². The first-order chi connectivity index (χ1) is 13.2. The molecule has 8 nitrogen and oxygen atoms in total. The zero-order valence-corrected chi connectivity index (χ0v) is 14.8. The second-order valence-electron chi connectivity index (χ2n) is 5.46. The van der Waals surface area contributed by atoms with Crippen molar-refractivity contribution < 1.29 is 37.5 Å². The number of benzene rings is 2. The van der Waals surface area contributed by atoms with E-state index in [9.17, 15) is 28.5 Å². The number of nitro benzene ring substituents is 1. The summed E-state index contributed by atoms with van der Waals surface area (Å²) in [5.74, 6) is -1.67. The van der Waals surface area contributed by atoms with Crippen molar-refractivity contribution >= 4 is 17.4 Å². The van der Waals surface area contributed by atoms with Gasteiger partial charge in [-0.05, 0) is 37.3 Å². The molecule has 148 valence electrons. The maximum atomic E-state index is 12.4. The molecule has 0 aliphatic heterocycles. The molecule has 2 rings (SSSR count). The molecule has 28 heavy (non-hydrogen) atoms. The highest BCUT2D eigenvalue weighted by atomic mass is 19.3. The number of ether oxygens (including phenoxy) is 3. The van der Waals surface area contributed by atoms with Crippen LogP contribution in [-0.4, -0.2) is 36.5 Å². The van der Waals surface area contributed by atoms with Gasteiger partial charge in [0.25, 0.3) is 5.69 Å². The summed E-state index contributed by atoms with van der Waals surface area (Å²) in [6, 6.07) is 8.23. The highest BCUT2D eigenvalue weighted by Gasteiger charge is 2.24. The van der Waals surface area contributed by atoms with Crippen molar-refractivity contribution in [1.29, 1.82) is 0 Å². The molecule has 0 amide bonds. The van der Waals surface area contributed by atoms with Crippen LogP contribution < -0.4 is 9.47 Å². The lowest BCUT2D eigenvalue weighted by Gasteiger charge is -2.14. The molecule has 0 radical (unpaired) electrons. The van der Waals surface area contributed by atoms with Crippen LogP contribution in [0.2, 0.25) is 0 Å². The van der Waals surface area contributed by atoms with E-state index in [1.807, 2.05) is 0 Å². The van der Waals surface area contributed by atoms with Crippen LogP contribution in [-0.2, 0) is 4.74 Å². The molecule has 0 aliphatic rings. The number of ketones is 1. The van der Waals surface area contributed by atoms with E-state index in [1.165, 1.54) is 44.4 Å². The zero-order valence-electron chi connectivity index (χ0n) is 14.8. The van der Waals surface area contributed by atoms with E-state index < -0.39 is 29.4 Å². The third-order valence-electron chi connectivity index (χ3n) is 3.63. The minimum atomic E-state index is -2.99. The van der Waals surface area contributed by atoms with Gasteiger partial charge in [0.1, 0.15) is 17.1 Å². The third kappa shape index (κ3) is 5.00. The topological polar surface area (TPSA) is 105 Å². The monoisotopic (exact) mass is 395 g/mol. The quantitative estimate of drug-likeness (QED) is 0.291. The van der Waals surface area contributed by atoms with Gasteiger partial charge in [0, 0.05) is 17.7 Å². The van der Waals surface area contributed by atoms with E-state index in [-0.39, 0.29) is 28.3 Å². The van der Waals surface area contributed by atoms with Crippen molar-refractivity contribution in [3.05, 3.63) is 63.7 Å². The van der Waals surface area contributed by atoms with Crippen molar-refractivity contribution in [2.45, 2.75) is 19.6 Å². The van der Waals surface area contributed by atoms with Crippen LogP contribution in [0.3, 0.4) is 0 Å². The standard InChI is InChI=1S/C18H15F2NO7/c1-10(16(22)11-3-6-13(7-4-11)28-18(19)20)27-17(23)14-9-12(21(24)25)5-8-15(14)26-2/h3-10,18H,1-2H3/t10-/m1/s1. The molecule has 2 aromatic rings. The first kappa shape index (κ1) is 20.7. The van der Waals surface area contributed by atoms with Crippen LogP contribution in [0.4, 0.5) is 14.5 Å². The lowest BCUT2D eigenvalue weighted by molar-refractivity contribution is -0.384. The predicted molar refractivity (Wildman–Crippen MR) is 91.9 cm³/mol. The largest absolute Gasteiger partial charge is 0.496 e. The van der Waals surface area contributed by atoms with Gasteiger partial charge in [0.2, 0.25) is 5.78 Å². The van der Waals surface area contributed by atoms with Gasteiger partial charge in [-0.15, -0.1) is 0 Å². The molecule has 0 saturated carbocycles. The highest BCUT2D eigenvalue weighted by Crippen LogP contribution is 2.25. The number of halogens is 2. The number of nitrogens with zero attached hydrogens (tertiary/aromatic N) is 1. The smallest absolute Gasteiger partial charge is 0.387 e. The minimum Gasteiger partial charge on any atom is -0.496 e. The van der Waals surface area contributed by atoms with Crippen LogP contribution in [0.15, 0.2) is 42.5 Å². The molecule has 0 saturated heterocycles. The number of carbonyl (C=O) groups is 2. The van der Waals surface area contributed by atoms with E-state index in [0.717, 1.165) is 12.1 Å². The Balaban J connectivity index is 2.14. The summed E-state index contributed by atoms with van der Waals surface area (Å²) in [6.07, 6.45) is -1.24. The van der Waals surface area contributed by atoms with Crippen LogP contribution in [0.1, 0.15) is 27.6 Å². The van der Waals surface area contributed by atoms with Crippen molar-refractivity contribution in [3.63, 3.8) is 0 Å². The third-order valence-corrected chi connectivity index (χ3v) is 3.63. The number of carbonyl (C=O) groups excluding carboxylic acids is 2. The van der Waals surface area contributed by atoms with Crippen LogP contribution >= 0.6 is 0 Å². The Morgan fingerprint density at radius 2 is 1.75 bits per heavy atom. The summed E-state index contributed by atoms with van der Waals surface area (Å²) >= 11 is 0. The lowest BCUT2D eigenvalue weighted by atomic mass is 10.1. The van der Waals surface area contributed by atoms with E-state index >= 15 is 0 Å². The van der Waals surface area contributed by atoms with Crippen LogP contribution in [0, 0.1) is 10.1 Å². The number of alkyl halides is 2. The van der Waals surface area contributed by atoms with Crippen LogP contribution in [0.5, 0.6) is 11.5 Å². The van der Waals surface area contributed by atoms with Gasteiger partial charge in [-0.1, -0.05) is 0 Å². The second-order valence-corrected chi connectivity index (χ2v) is 5.46. The first-order valence-electron chi connectivity index (χ1n) is 7.85. The number of Topliss-reactive ketones (excluding diaryl/α,β-unsaturated/α-hetero) is 1. The van der Waals surface area contributed by atoms with Crippen molar-refractivity contribution in [1.82, 2.24) is 0 Å². The molecule has 0 aromatic heterocycles. The number of esters is 1. The Morgan fingerprint density at radius 3 is 2.29 bits per heavy atom. The van der Waals surface area contributed by atoms with E-state index in [4.69, 9.17) is 9.47 Å². The Morgan fingerprint density at radius 1 is 1.11 bits per heavy atom. The van der Waals surface area contributed by atoms with Crippen LogP contribution in [0.25, 0.3) is 0 Å². The van der Waals surface area contributed by atoms with Crippen molar-refractivity contribution in [2.24, 2.45) is 0 Å². The van der Waals surface area contributed by atoms with Crippen molar-refractivity contribution in [2.75, 3.05) is 7.11 Å². The average molecular weight is 395 g/mol. The molecule has 1 atom stereocenters. The van der Waals surface area contributed by atoms with Gasteiger partial charge in [0.15, 0.2) is 6.10 Å². The molecule has 0 bridgehead atoms. The molecule has 0 unspecified atom stereocenters. The maximum absolute atomic E-state index is 12.4. The molecule has 0 fully saturated rings. The van der Waals surface area contributed by atoms with Gasteiger partial charge in [0.05, 0.1) is 12.0 Å². The summed E-state index contributed by atoms with van der Waals surface area (Å²) in [5, 5.41) is 10.9. The number of non-ortho nitro benzene ring substituents is 1. The molecule has 0 spiro atoms. The Hall–Kier alpha value is -3.56. The molecule has 0 heterocycles. The summed E-state index contributed by atoms with van der Waals surface area (Å²) in [5.41, 5.74) is -0.452. The SMILES string of the molecule is COc1ccc([N+](=O)[O-])cc1C(=O)O[C@H](C)C(=O)c1ccc(OC(F)F)cc1. The summed E-state index contributed by atoms with van der Waals surface area (Å²) in [6.45, 7) is -1.68. The molecule has 10 heteroatoms. The molecule has 0 aliphatic carbocycles. The van der Waals surface area contributed by atoms with Gasteiger partial charge < -0.3 is 14.2 Å². The Bertz CT molecular complexity index is 884. The van der Waals surface area contributed by atoms with Crippen molar-refractivity contribution in [3.8, 4) is 11.5 Å². The summed E-state index contributed by atoms with van der Waals surface area (Å²) in [4.78, 5) is 34.9. The van der Waals surface area contributed by atoms with E-state index in [0.29, 0.717) is 0 Å². The average Bonchev–Trinajstić information content (AvgIpc) is 2.66. The minimum absolute atomic E-state index is 0.0451. The van der Waals surface area contributed by atoms with E-state index in [1.54, 1.807) is 0 Å². The lowest BCUT2D eigenvalue weighted by Crippen LogP contribution is -2.24. The molecular weight excluding hydrogens is 380 g/mol. The number of hydrogen-bond donors (Lipinski definition) is 0. The second kappa shape index (κ2) is 8.89. The normalized spacial score (nSPS) is 11.6. The van der Waals surface area contributed by atoms with E-state index in [2.05, 4.69) is 4.74 Å². The highest BCUT2D eigenvalue weighted by molar-refractivity contribution is 6.02. The molecule has 0 N–H and O–H groups in total. The molecule has 2 aromatic carbocycles. The van der Waals surface area contributed by atoms with Gasteiger partial charge >= 0.3 is 12.6 Å². The number of methoxy groups -OCH3 is 1. The number of rotatable bonds is 8. The number of hydrogen-bond acceptors (Lipinski definition) is 7. The summed E-state index contributed by atoms with van der Waals surface area (Å²) in [7, 11) is 1.27. The summed E-state index contributed by atoms with van der Waals surface area (Å²) < 4.78 is 38.6. The van der Waals surface area contributed by atoms with Gasteiger partial charge in [-0.2, -0.15) is 8.78 Å². The zero-order chi connectivity index (χ0) is 20.8. The number of nitro groups is 1. The first-order valence-corrected chi connectivity index (χ1v) is 7.85. The fourth-order valence-electron chi connectivity index (χ4n) is 2.28. The Kier molecular flexibility index (Phi) is 6.59.